The molecular formula is C11H9Cl2NO2. The van der Waals surface area contributed by atoms with Crippen LogP contribution in [0, 0.1) is 0 Å². The van der Waals surface area contributed by atoms with Gasteiger partial charge in [0.05, 0.1) is 22.7 Å². The van der Waals surface area contributed by atoms with Crippen LogP contribution in [0.25, 0.3) is 10.9 Å². The summed E-state index contributed by atoms with van der Waals surface area (Å²) in [4.78, 5) is 11.6. The first-order chi connectivity index (χ1) is 7.54. The van der Waals surface area contributed by atoms with Crippen LogP contribution < -0.4 is 10.3 Å². The fourth-order valence-electron chi connectivity index (χ4n) is 1.59. The van der Waals surface area contributed by atoms with E-state index in [1.807, 2.05) is 0 Å². The van der Waals surface area contributed by atoms with Crippen LogP contribution in [0.5, 0.6) is 5.75 Å². The maximum Gasteiger partial charge on any atom is 0.254 e. The van der Waals surface area contributed by atoms with Crippen LogP contribution in [-0.2, 0) is 7.05 Å². The Balaban J connectivity index is 2.99. The topological polar surface area (TPSA) is 31.2 Å². The third-order valence-corrected chi connectivity index (χ3v) is 3.19. The molecule has 16 heavy (non-hydrogen) atoms. The number of nitrogens with zero attached hydrogens (tertiary/aromatic N) is 1. The van der Waals surface area contributed by atoms with Gasteiger partial charge >= 0.3 is 0 Å². The number of fused-ring (bicyclic) bond motifs is 1. The van der Waals surface area contributed by atoms with Crippen molar-refractivity contribution in [3.63, 3.8) is 0 Å². The van der Waals surface area contributed by atoms with Crippen LogP contribution in [-0.4, -0.2) is 11.7 Å². The Morgan fingerprint density at radius 1 is 1.19 bits per heavy atom. The zero-order valence-electron chi connectivity index (χ0n) is 8.75. The lowest BCUT2D eigenvalue weighted by Crippen LogP contribution is -2.16. The molecule has 0 atom stereocenters. The molecule has 2 rings (SSSR count). The van der Waals surface area contributed by atoms with Crippen molar-refractivity contribution in [3.05, 3.63) is 38.6 Å². The molecule has 5 heteroatoms. The van der Waals surface area contributed by atoms with E-state index in [0.717, 1.165) is 5.39 Å². The van der Waals surface area contributed by atoms with E-state index < -0.39 is 0 Å². The quantitative estimate of drug-likeness (QED) is 0.787. The summed E-state index contributed by atoms with van der Waals surface area (Å²) in [5, 5.41) is 1.61. The summed E-state index contributed by atoms with van der Waals surface area (Å²) < 4.78 is 6.64. The normalized spacial score (nSPS) is 10.8. The van der Waals surface area contributed by atoms with Crippen LogP contribution in [0.1, 0.15) is 0 Å². The van der Waals surface area contributed by atoms with Crippen LogP contribution in [0.3, 0.4) is 0 Å². The molecule has 1 aromatic heterocycles. The van der Waals surface area contributed by atoms with E-state index >= 15 is 0 Å². The highest BCUT2D eigenvalue weighted by molar-refractivity contribution is 6.42. The second-order valence-corrected chi connectivity index (χ2v) is 4.21. The van der Waals surface area contributed by atoms with Crippen molar-refractivity contribution in [2.75, 3.05) is 7.11 Å². The molecule has 0 amide bonds. The van der Waals surface area contributed by atoms with Crippen LogP contribution in [0.15, 0.2) is 23.0 Å². The number of halogens is 2. The number of hydrogen-bond acceptors (Lipinski definition) is 2. The van der Waals surface area contributed by atoms with E-state index in [4.69, 9.17) is 27.9 Å². The van der Waals surface area contributed by atoms with Gasteiger partial charge in [-0.2, -0.15) is 0 Å². The van der Waals surface area contributed by atoms with Gasteiger partial charge in [0.25, 0.3) is 5.56 Å². The number of benzene rings is 1. The van der Waals surface area contributed by atoms with Crippen LogP contribution in [0.2, 0.25) is 10.0 Å². The van der Waals surface area contributed by atoms with Gasteiger partial charge in [-0.1, -0.05) is 23.2 Å². The summed E-state index contributed by atoms with van der Waals surface area (Å²) in [6, 6.07) is 4.77. The van der Waals surface area contributed by atoms with Gasteiger partial charge in [-0.15, -0.1) is 0 Å². The zero-order valence-corrected chi connectivity index (χ0v) is 10.3. The van der Waals surface area contributed by atoms with E-state index in [0.29, 0.717) is 21.3 Å². The standard InChI is InChI=1S/C11H9Cl2NO2/c1-14-9-4-8(13)7(12)3-6(9)10(16-2)5-11(14)15/h3-5H,1-2H3. The molecule has 0 aliphatic rings. The molecule has 0 bridgehead atoms. The Hall–Kier alpha value is -1.19. The van der Waals surface area contributed by atoms with Gasteiger partial charge in [-0.25, -0.2) is 0 Å². The first-order valence-corrected chi connectivity index (χ1v) is 5.33. The summed E-state index contributed by atoms with van der Waals surface area (Å²) in [5.41, 5.74) is 0.543. The average molecular weight is 258 g/mol. The van der Waals surface area contributed by atoms with E-state index in [9.17, 15) is 4.79 Å². The Morgan fingerprint density at radius 3 is 2.44 bits per heavy atom. The summed E-state index contributed by atoms with van der Waals surface area (Å²) >= 11 is 11.9. The minimum atomic E-state index is -0.150. The van der Waals surface area contributed by atoms with Gasteiger partial charge < -0.3 is 9.30 Å². The molecule has 0 saturated carbocycles. The fourth-order valence-corrected chi connectivity index (χ4v) is 1.91. The molecule has 0 aliphatic carbocycles. The second kappa shape index (κ2) is 4.00. The lowest BCUT2D eigenvalue weighted by molar-refractivity contribution is 0.418. The number of hydrogen-bond donors (Lipinski definition) is 0. The van der Waals surface area contributed by atoms with Crippen molar-refractivity contribution < 1.29 is 4.74 Å². The lowest BCUT2D eigenvalue weighted by Gasteiger charge is -2.10. The molecule has 0 radical (unpaired) electrons. The van der Waals surface area contributed by atoms with E-state index in [2.05, 4.69) is 0 Å². The smallest absolute Gasteiger partial charge is 0.254 e. The summed E-state index contributed by atoms with van der Waals surface area (Å²) in [7, 11) is 3.19. The second-order valence-electron chi connectivity index (χ2n) is 3.39. The number of pyridine rings is 1. The Kier molecular flexibility index (Phi) is 2.82. The molecule has 0 spiro atoms. The maximum atomic E-state index is 11.6. The molecule has 0 N–H and O–H groups in total. The minimum absolute atomic E-state index is 0.150. The number of rotatable bonds is 1. The van der Waals surface area contributed by atoms with Crippen molar-refractivity contribution in [1.29, 1.82) is 0 Å². The first-order valence-electron chi connectivity index (χ1n) is 4.57. The van der Waals surface area contributed by atoms with Crippen LogP contribution in [0.4, 0.5) is 0 Å². The molecule has 0 fully saturated rings. The zero-order chi connectivity index (χ0) is 11.9. The first kappa shape index (κ1) is 11.3. The van der Waals surface area contributed by atoms with Crippen LogP contribution >= 0.6 is 23.2 Å². The third kappa shape index (κ3) is 1.66. The molecule has 1 heterocycles. The van der Waals surface area contributed by atoms with Crippen molar-refractivity contribution in [2.45, 2.75) is 0 Å². The summed E-state index contributed by atoms with van der Waals surface area (Å²) in [6.45, 7) is 0. The molecule has 0 aliphatic heterocycles. The lowest BCUT2D eigenvalue weighted by atomic mass is 10.2. The summed E-state index contributed by atoms with van der Waals surface area (Å²) in [6.07, 6.45) is 0. The SMILES string of the molecule is COc1cc(=O)n(C)c2cc(Cl)c(Cl)cc12. The molecule has 3 nitrogen and oxygen atoms in total. The van der Waals surface area contributed by atoms with Gasteiger partial charge in [-0.3, -0.25) is 4.79 Å². The average Bonchev–Trinajstić information content (AvgIpc) is 2.26. The van der Waals surface area contributed by atoms with E-state index in [1.165, 1.54) is 17.7 Å². The van der Waals surface area contributed by atoms with Gasteiger partial charge in [0, 0.05) is 18.5 Å². The molecule has 0 unspecified atom stereocenters. The van der Waals surface area contributed by atoms with E-state index in [1.54, 1.807) is 19.2 Å². The minimum Gasteiger partial charge on any atom is -0.496 e. The monoisotopic (exact) mass is 257 g/mol. The predicted molar refractivity (Wildman–Crippen MR) is 65.8 cm³/mol. The molecule has 2 aromatic rings. The molecule has 84 valence electrons. The summed E-state index contributed by atoms with van der Waals surface area (Å²) in [5.74, 6) is 0.497. The Labute approximate surface area is 102 Å². The number of ether oxygens (including phenoxy) is 1. The molecule has 0 saturated heterocycles. The van der Waals surface area contributed by atoms with E-state index in [-0.39, 0.29) is 5.56 Å². The Bertz CT molecular complexity index is 619. The third-order valence-electron chi connectivity index (χ3n) is 2.47. The van der Waals surface area contributed by atoms with Gasteiger partial charge in [0.15, 0.2) is 0 Å². The number of aryl methyl sites for hydroxylation is 1. The number of aromatic nitrogens is 1. The fraction of sp³-hybridized carbons (Fsp3) is 0.182. The van der Waals surface area contributed by atoms with Crippen molar-refractivity contribution >= 4 is 34.1 Å². The van der Waals surface area contributed by atoms with Crippen molar-refractivity contribution in [1.82, 2.24) is 4.57 Å². The predicted octanol–water partition coefficient (Wildman–Crippen LogP) is 2.85. The van der Waals surface area contributed by atoms with Crippen molar-refractivity contribution in [3.8, 4) is 5.75 Å². The largest absolute Gasteiger partial charge is 0.496 e. The highest BCUT2D eigenvalue weighted by Crippen LogP contribution is 2.31. The highest BCUT2D eigenvalue weighted by atomic mass is 35.5. The van der Waals surface area contributed by atoms with Gasteiger partial charge in [0.1, 0.15) is 5.75 Å². The Morgan fingerprint density at radius 2 is 1.81 bits per heavy atom. The molecule has 1 aromatic carbocycles. The highest BCUT2D eigenvalue weighted by Gasteiger charge is 2.09. The maximum absolute atomic E-state index is 11.6. The molecular weight excluding hydrogens is 249 g/mol. The van der Waals surface area contributed by atoms with Gasteiger partial charge in [0.2, 0.25) is 0 Å². The van der Waals surface area contributed by atoms with Crippen molar-refractivity contribution in [2.24, 2.45) is 7.05 Å². The van der Waals surface area contributed by atoms with Gasteiger partial charge in [-0.05, 0) is 12.1 Å². The number of methoxy groups -OCH3 is 1.